The van der Waals surface area contributed by atoms with Crippen LogP contribution < -0.4 is 19.3 Å². The van der Waals surface area contributed by atoms with E-state index in [1.54, 1.807) is 15.1 Å². The molecule has 0 saturated carbocycles. The fraction of sp³-hybridized carbons (Fsp3) is 0.308. The minimum Gasteiger partial charge on any atom is -0.485 e. The van der Waals surface area contributed by atoms with Crippen LogP contribution in [0.2, 0.25) is 0 Å². The fourth-order valence-corrected chi connectivity index (χ4v) is 4.69. The average molecular weight is 506 g/mol. The Kier molecular flexibility index (Phi) is 7.06. The molecule has 1 unspecified atom stereocenters. The lowest BCUT2D eigenvalue weighted by molar-refractivity contribution is 0.308. The molecule has 2 aromatic carbocycles. The number of pyridine rings is 1. The molecule has 1 aliphatic heterocycles. The van der Waals surface area contributed by atoms with Gasteiger partial charge < -0.3 is 19.9 Å². The van der Waals surface area contributed by atoms with E-state index < -0.39 is 11.0 Å². The summed E-state index contributed by atoms with van der Waals surface area (Å²) < 4.78 is 21.6. The minimum absolute atomic E-state index is 0.320. The first kappa shape index (κ1) is 24.1. The Morgan fingerprint density at radius 3 is 2.53 bits per heavy atom. The van der Waals surface area contributed by atoms with E-state index >= 15 is 0 Å². The van der Waals surface area contributed by atoms with Crippen molar-refractivity contribution in [1.82, 2.24) is 19.5 Å². The lowest BCUT2D eigenvalue weighted by Gasteiger charge is -2.34. The van der Waals surface area contributed by atoms with Gasteiger partial charge in [-0.15, -0.1) is 5.10 Å². The zero-order valence-electron chi connectivity index (χ0n) is 20.8. The summed E-state index contributed by atoms with van der Waals surface area (Å²) in [7, 11) is 2.85. The summed E-state index contributed by atoms with van der Waals surface area (Å²) in [5.74, 6) is 1.12. The molecule has 0 aliphatic carbocycles. The number of hydrogen-bond donors (Lipinski definition) is 1. The molecule has 1 fully saturated rings. The van der Waals surface area contributed by atoms with Crippen LogP contribution in [-0.2, 0) is 17.6 Å². The third-order valence-electron chi connectivity index (χ3n) is 6.42. The number of anilines is 4. The van der Waals surface area contributed by atoms with Gasteiger partial charge in [-0.05, 0) is 49.5 Å². The van der Waals surface area contributed by atoms with Crippen LogP contribution in [0.3, 0.4) is 0 Å². The first-order chi connectivity index (χ1) is 17.5. The number of likely N-dealkylation sites (N-methyl/N-ethyl adjacent to an activating group) is 1. The van der Waals surface area contributed by atoms with Gasteiger partial charge in [0.15, 0.2) is 11.4 Å². The van der Waals surface area contributed by atoms with Crippen molar-refractivity contribution in [1.29, 1.82) is 0 Å². The van der Waals surface area contributed by atoms with Gasteiger partial charge in [-0.3, -0.25) is 4.31 Å². The summed E-state index contributed by atoms with van der Waals surface area (Å²) in [4.78, 5) is 9.43. The molecule has 0 amide bonds. The smallest absolute Gasteiger partial charge is 0.247 e. The highest BCUT2D eigenvalue weighted by Crippen LogP contribution is 2.26. The second kappa shape index (κ2) is 10.5. The van der Waals surface area contributed by atoms with Crippen molar-refractivity contribution in [2.75, 3.05) is 61.1 Å². The molecule has 1 aliphatic rings. The zero-order chi connectivity index (χ0) is 25.1. The Balaban J connectivity index is 1.29. The van der Waals surface area contributed by atoms with Gasteiger partial charge in [0.2, 0.25) is 5.95 Å². The number of piperazine rings is 1. The van der Waals surface area contributed by atoms with Gasteiger partial charge in [-0.25, -0.2) is 8.72 Å². The predicted octanol–water partition coefficient (Wildman–Crippen LogP) is 3.53. The molecule has 4 aromatic rings. The van der Waals surface area contributed by atoms with Crippen LogP contribution in [0, 0.1) is 0 Å². The lowest BCUT2D eigenvalue weighted by Crippen LogP contribution is -2.44. The summed E-state index contributed by atoms with van der Waals surface area (Å²) in [5.41, 5.74) is 4.59. The maximum atomic E-state index is 12.0. The molecule has 10 heteroatoms. The van der Waals surface area contributed by atoms with Gasteiger partial charge in [0, 0.05) is 62.6 Å². The molecule has 3 heterocycles. The number of para-hydroxylation sites is 1. The van der Waals surface area contributed by atoms with Crippen molar-refractivity contribution in [3.63, 3.8) is 0 Å². The SMILES string of the molecule is CN1CCN(c2ccc(Nc3nc4c(OCc5ccccc5N(C)S(C)=O)cccn4n3)cc2)CC1. The highest BCUT2D eigenvalue weighted by molar-refractivity contribution is 7.85. The highest BCUT2D eigenvalue weighted by Gasteiger charge is 2.15. The van der Waals surface area contributed by atoms with E-state index in [0.29, 0.717) is 24.0 Å². The molecule has 9 nitrogen and oxygen atoms in total. The average Bonchev–Trinajstić information content (AvgIpc) is 3.31. The van der Waals surface area contributed by atoms with Gasteiger partial charge in [0.25, 0.3) is 0 Å². The van der Waals surface area contributed by atoms with Crippen molar-refractivity contribution >= 4 is 39.6 Å². The molecule has 188 valence electrons. The van der Waals surface area contributed by atoms with Crippen molar-refractivity contribution in [3.8, 4) is 5.75 Å². The summed E-state index contributed by atoms with van der Waals surface area (Å²) in [6.07, 6.45) is 3.50. The maximum Gasteiger partial charge on any atom is 0.247 e. The number of ether oxygens (including phenoxy) is 1. The van der Waals surface area contributed by atoms with Crippen molar-refractivity contribution in [2.45, 2.75) is 6.61 Å². The number of aromatic nitrogens is 3. The van der Waals surface area contributed by atoms with E-state index in [0.717, 1.165) is 43.1 Å². The summed E-state index contributed by atoms with van der Waals surface area (Å²) in [5, 5.41) is 7.87. The Hall–Kier alpha value is -3.63. The number of nitrogens with one attached hydrogen (secondary N) is 1. The van der Waals surface area contributed by atoms with Gasteiger partial charge in [-0.1, -0.05) is 18.2 Å². The van der Waals surface area contributed by atoms with E-state index in [1.165, 1.54) is 5.69 Å². The van der Waals surface area contributed by atoms with E-state index in [2.05, 4.69) is 56.5 Å². The van der Waals surface area contributed by atoms with Crippen LogP contribution in [0.4, 0.5) is 23.0 Å². The zero-order valence-corrected chi connectivity index (χ0v) is 21.6. The number of benzene rings is 2. The minimum atomic E-state index is -1.12. The molecule has 0 bridgehead atoms. The van der Waals surface area contributed by atoms with Crippen LogP contribution in [0.25, 0.3) is 5.65 Å². The molecule has 0 radical (unpaired) electrons. The van der Waals surface area contributed by atoms with Crippen LogP contribution in [0.15, 0.2) is 66.9 Å². The van der Waals surface area contributed by atoms with E-state index in [-0.39, 0.29) is 0 Å². The van der Waals surface area contributed by atoms with Crippen molar-refractivity contribution < 1.29 is 8.95 Å². The summed E-state index contributed by atoms with van der Waals surface area (Å²) in [6, 6.07) is 19.9. The second-order valence-electron chi connectivity index (χ2n) is 8.88. The Labute approximate surface area is 213 Å². The number of rotatable bonds is 8. The van der Waals surface area contributed by atoms with Gasteiger partial charge >= 0.3 is 0 Å². The number of hydrogen-bond acceptors (Lipinski definition) is 7. The molecule has 2 aromatic heterocycles. The number of nitrogens with zero attached hydrogens (tertiary/aromatic N) is 6. The Bertz CT molecular complexity index is 1350. The van der Waals surface area contributed by atoms with Crippen molar-refractivity contribution in [2.24, 2.45) is 0 Å². The molecular weight excluding hydrogens is 474 g/mol. The monoisotopic (exact) mass is 505 g/mol. The molecule has 1 N–H and O–H groups in total. The van der Waals surface area contributed by atoms with Crippen LogP contribution >= 0.6 is 0 Å². The lowest BCUT2D eigenvalue weighted by atomic mass is 10.2. The van der Waals surface area contributed by atoms with Gasteiger partial charge in [-0.2, -0.15) is 4.98 Å². The molecular formula is C26H31N7O2S. The largest absolute Gasteiger partial charge is 0.485 e. The quantitative estimate of drug-likeness (QED) is 0.393. The van der Waals surface area contributed by atoms with Crippen LogP contribution in [-0.4, -0.2) is 70.2 Å². The normalized spacial score (nSPS) is 15.1. The summed E-state index contributed by atoms with van der Waals surface area (Å²) in [6.45, 7) is 4.56. The highest BCUT2D eigenvalue weighted by atomic mass is 32.2. The maximum absolute atomic E-state index is 12.0. The van der Waals surface area contributed by atoms with E-state index in [1.807, 2.05) is 49.6 Å². The topological polar surface area (TPSA) is 78.2 Å². The Morgan fingerprint density at radius 1 is 1.03 bits per heavy atom. The molecule has 1 saturated heterocycles. The van der Waals surface area contributed by atoms with E-state index in [9.17, 15) is 4.21 Å². The first-order valence-electron chi connectivity index (χ1n) is 11.9. The fourth-order valence-electron chi connectivity index (χ4n) is 4.23. The molecule has 1 atom stereocenters. The van der Waals surface area contributed by atoms with E-state index in [4.69, 9.17) is 4.74 Å². The first-order valence-corrected chi connectivity index (χ1v) is 13.4. The Morgan fingerprint density at radius 2 is 1.78 bits per heavy atom. The number of fused-ring (bicyclic) bond motifs is 1. The summed E-state index contributed by atoms with van der Waals surface area (Å²) >= 11 is 0. The predicted molar refractivity (Wildman–Crippen MR) is 146 cm³/mol. The second-order valence-corrected chi connectivity index (χ2v) is 10.3. The third kappa shape index (κ3) is 5.29. The molecule has 36 heavy (non-hydrogen) atoms. The molecule has 0 spiro atoms. The van der Waals surface area contributed by atoms with Crippen LogP contribution in [0.1, 0.15) is 5.56 Å². The van der Waals surface area contributed by atoms with Crippen molar-refractivity contribution in [3.05, 3.63) is 72.4 Å². The van der Waals surface area contributed by atoms with Gasteiger partial charge in [0.1, 0.15) is 17.6 Å². The van der Waals surface area contributed by atoms with Crippen LogP contribution in [0.5, 0.6) is 5.75 Å². The standard InChI is InChI=1S/C26H31N7O2S/c1-30-15-17-32(18-16-30)22-12-10-21(11-13-22)27-26-28-25-24(9-6-14-33(25)29-26)35-19-20-7-4-5-8-23(20)31(2)36(3)34/h4-14H,15-19H2,1-3H3,(H,27,29). The third-order valence-corrected chi connectivity index (χ3v) is 7.39. The van der Waals surface area contributed by atoms with Gasteiger partial charge in [0.05, 0.1) is 5.69 Å². The molecule has 5 rings (SSSR count).